The molecular weight excluding hydrogens is 386 g/mol. The zero-order chi connectivity index (χ0) is 20.1. The summed E-state index contributed by atoms with van der Waals surface area (Å²) in [6, 6.07) is 7.22. The molecular formula is C22H29N3O3S. The summed E-state index contributed by atoms with van der Waals surface area (Å²) in [7, 11) is 0. The minimum Gasteiger partial charge on any atom is -0.491 e. The normalized spacial score (nSPS) is 20.7. The Morgan fingerprint density at radius 3 is 2.79 bits per heavy atom. The Hall–Kier alpha value is -1.96. The first-order valence-electron chi connectivity index (χ1n) is 10.5. The van der Waals surface area contributed by atoms with Crippen molar-refractivity contribution in [2.75, 3.05) is 31.6 Å². The fraction of sp³-hybridized carbons (Fsp3) is 0.545. The zero-order valence-corrected chi connectivity index (χ0v) is 17.7. The number of amides is 1. The molecule has 0 saturated carbocycles. The fourth-order valence-corrected chi connectivity index (χ4v) is 4.42. The van der Waals surface area contributed by atoms with E-state index in [9.17, 15) is 4.79 Å². The summed E-state index contributed by atoms with van der Waals surface area (Å²) in [6.45, 7) is 6.81. The topological polar surface area (TPSA) is 63.7 Å². The van der Waals surface area contributed by atoms with Crippen molar-refractivity contribution in [1.29, 1.82) is 0 Å². The first-order chi connectivity index (χ1) is 14.2. The van der Waals surface area contributed by atoms with Gasteiger partial charge in [0, 0.05) is 24.1 Å². The molecule has 29 heavy (non-hydrogen) atoms. The van der Waals surface area contributed by atoms with E-state index in [2.05, 4.69) is 22.1 Å². The molecule has 0 unspecified atom stereocenters. The van der Waals surface area contributed by atoms with Gasteiger partial charge < -0.3 is 9.47 Å². The molecule has 1 amide bonds. The highest BCUT2D eigenvalue weighted by Gasteiger charge is 2.18. The quantitative estimate of drug-likeness (QED) is 0.735. The number of ether oxygens (including phenoxy) is 2. The number of anilines is 1. The van der Waals surface area contributed by atoms with Crippen molar-refractivity contribution in [2.24, 2.45) is 5.92 Å². The van der Waals surface area contributed by atoms with E-state index in [4.69, 9.17) is 9.47 Å². The smallest absolute Gasteiger partial charge is 0.257 e. The molecule has 2 fully saturated rings. The largest absolute Gasteiger partial charge is 0.491 e. The van der Waals surface area contributed by atoms with Crippen LogP contribution in [0.4, 0.5) is 5.13 Å². The van der Waals surface area contributed by atoms with E-state index in [1.807, 2.05) is 17.5 Å². The van der Waals surface area contributed by atoms with E-state index in [0.29, 0.717) is 17.3 Å². The van der Waals surface area contributed by atoms with Crippen LogP contribution in [0, 0.1) is 5.92 Å². The summed E-state index contributed by atoms with van der Waals surface area (Å²) in [4.78, 5) is 19.5. The number of carbonyl (C=O) groups is 1. The third kappa shape index (κ3) is 5.78. The Kier molecular flexibility index (Phi) is 6.79. The van der Waals surface area contributed by atoms with Crippen LogP contribution in [0.15, 0.2) is 29.6 Å². The number of hydrogen-bond donors (Lipinski definition) is 1. The molecule has 1 atom stereocenters. The third-order valence-corrected chi connectivity index (χ3v) is 6.42. The first kappa shape index (κ1) is 20.3. The van der Waals surface area contributed by atoms with Gasteiger partial charge in [-0.3, -0.25) is 15.0 Å². The maximum absolute atomic E-state index is 12.5. The number of nitrogens with one attached hydrogen (secondary N) is 1. The Balaban J connectivity index is 1.26. The Labute approximate surface area is 176 Å². The standard InChI is InChI=1S/C22H29N3O3S/c1-16-8-10-25(11-9-16)13-18-15-29-22(23-18)24-21(26)17-4-6-19(7-5-17)28-14-20-3-2-12-27-20/h4-7,15-16,20H,2-3,8-14H2,1H3,(H,23,24,26)/t20-/m0/s1. The van der Waals surface area contributed by atoms with Gasteiger partial charge in [0.2, 0.25) is 0 Å². The van der Waals surface area contributed by atoms with E-state index in [1.54, 1.807) is 12.1 Å². The number of aromatic nitrogens is 1. The molecule has 1 aromatic heterocycles. The summed E-state index contributed by atoms with van der Waals surface area (Å²) < 4.78 is 11.3. The van der Waals surface area contributed by atoms with Crippen molar-refractivity contribution in [3.63, 3.8) is 0 Å². The van der Waals surface area contributed by atoms with Gasteiger partial charge in [0.25, 0.3) is 5.91 Å². The second kappa shape index (κ2) is 9.69. The molecule has 0 aliphatic carbocycles. The monoisotopic (exact) mass is 415 g/mol. The van der Waals surface area contributed by atoms with Crippen LogP contribution in [0.3, 0.4) is 0 Å². The van der Waals surface area contributed by atoms with Crippen molar-refractivity contribution < 1.29 is 14.3 Å². The van der Waals surface area contributed by atoms with Gasteiger partial charge in [0.05, 0.1) is 11.8 Å². The van der Waals surface area contributed by atoms with Gasteiger partial charge in [-0.1, -0.05) is 6.92 Å². The molecule has 4 rings (SSSR count). The number of benzene rings is 1. The van der Waals surface area contributed by atoms with Gasteiger partial charge in [-0.25, -0.2) is 4.98 Å². The lowest BCUT2D eigenvalue weighted by molar-refractivity contribution is 0.0679. The highest BCUT2D eigenvalue weighted by atomic mass is 32.1. The molecule has 7 heteroatoms. The van der Waals surface area contributed by atoms with Crippen LogP contribution in [0.1, 0.15) is 48.7 Å². The molecule has 156 valence electrons. The molecule has 2 aliphatic rings. The van der Waals surface area contributed by atoms with E-state index < -0.39 is 0 Å². The Bertz CT molecular complexity index is 794. The molecule has 2 aliphatic heterocycles. The average Bonchev–Trinajstić information content (AvgIpc) is 3.41. The van der Waals surface area contributed by atoms with Gasteiger partial charge >= 0.3 is 0 Å². The molecule has 2 saturated heterocycles. The molecule has 1 N–H and O–H groups in total. The predicted octanol–water partition coefficient (Wildman–Crippen LogP) is 4.19. The molecule has 0 bridgehead atoms. The van der Waals surface area contributed by atoms with Gasteiger partial charge in [0.15, 0.2) is 5.13 Å². The van der Waals surface area contributed by atoms with Crippen molar-refractivity contribution >= 4 is 22.4 Å². The summed E-state index contributed by atoms with van der Waals surface area (Å²) in [5.74, 6) is 1.43. The van der Waals surface area contributed by atoms with Crippen LogP contribution in [0.5, 0.6) is 5.75 Å². The number of piperidine rings is 1. The average molecular weight is 416 g/mol. The predicted molar refractivity (Wildman–Crippen MR) is 115 cm³/mol. The van der Waals surface area contributed by atoms with Crippen molar-refractivity contribution in [2.45, 2.75) is 45.3 Å². The van der Waals surface area contributed by atoms with E-state index in [-0.39, 0.29) is 12.0 Å². The lowest BCUT2D eigenvalue weighted by Crippen LogP contribution is -2.32. The van der Waals surface area contributed by atoms with Gasteiger partial charge in [-0.15, -0.1) is 11.3 Å². The molecule has 0 spiro atoms. The minimum atomic E-state index is -0.150. The van der Waals surface area contributed by atoms with Crippen LogP contribution < -0.4 is 10.1 Å². The third-order valence-electron chi connectivity index (χ3n) is 5.61. The van der Waals surface area contributed by atoms with Gasteiger partial charge in [-0.2, -0.15) is 0 Å². The summed E-state index contributed by atoms with van der Waals surface area (Å²) in [6.07, 6.45) is 4.84. The second-order valence-corrected chi connectivity index (χ2v) is 8.89. The van der Waals surface area contributed by atoms with Crippen molar-refractivity contribution in [3.05, 3.63) is 40.9 Å². The van der Waals surface area contributed by atoms with Crippen LogP contribution in [-0.4, -0.2) is 48.2 Å². The maximum Gasteiger partial charge on any atom is 0.257 e. The number of carbonyl (C=O) groups excluding carboxylic acids is 1. The maximum atomic E-state index is 12.5. The van der Waals surface area contributed by atoms with Crippen LogP contribution in [-0.2, 0) is 11.3 Å². The van der Waals surface area contributed by atoms with E-state index in [1.165, 1.54) is 24.2 Å². The van der Waals surface area contributed by atoms with Crippen LogP contribution >= 0.6 is 11.3 Å². The molecule has 2 aromatic rings. The Morgan fingerprint density at radius 2 is 2.07 bits per heavy atom. The second-order valence-electron chi connectivity index (χ2n) is 8.03. The van der Waals surface area contributed by atoms with Gasteiger partial charge in [-0.05, 0) is 69.0 Å². The number of rotatable bonds is 7. The molecule has 3 heterocycles. The number of likely N-dealkylation sites (tertiary alicyclic amines) is 1. The zero-order valence-electron chi connectivity index (χ0n) is 16.9. The number of thiazole rings is 1. The summed E-state index contributed by atoms with van der Waals surface area (Å²) >= 11 is 1.48. The van der Waals surface area contributed by atoms with Crippen molar-refractivity contribution in [1.82, 2.24) is 9.88 Å². The SMILES string of the molecule is CC1CCN(Cc2csc(NC(=O)c3ccc(OC[C@@H]4CCCO4)cc3)n2)CC1. The summed E-state index contributed by atoms with van der Waals surface area (Å²) in [5, 5.41) is 5.59. The molecule has 1 aromatic carbocycles. The summed E-state index contributed by atoms with van der Waals surface area (Å²) in [5.41, 5.74) is 1.62. The van der Waals surface area contributed by atoms with E-state index in [0.717, 1.165) is 56.4 Å². The first-order valence-corrected chi connectivity index (χ1v) is 11.4. The lowest BCUT2D eigenvalue weighted by atomic mass is 9.99. The van der Waals surface area contributed by atoms with E-state index >= 15 is 0 Å². The lowest BCUT2D eigenvalue weighted by Gasteiger charge is -2.29. The minimum absolute atomic E-state index is 0.150. The highest BCUT2D eigenvalue weighted by molar-refractivity contribution is 7.13. The van der Waals surface area contributed by atoms with Gasteiger partial charge in [0.1, 0.15) is 12.4 Å². The molecule has 6 nitrogen and oxygen atoms in total. The van der Waals surface area contributed by atoms with Crippen molar-refractivity contribution in [3.8, 4) is 5.75 Å². The Morgan fingerprint density at radius 1 is 1.28 bits per heavy atom. The highest BCUT2D eigenvalue weighted by Crippen LogP contribution is 2.22. The number of hydrogen-bond acceptors (Lipinski definition) is 6. The molecule has 0 radical (unpaired) electrons. The number of nitrogens with zero attached hydrogens (tertiary/aromatic N) is 2. The van der Waals surface area contributed by atoms with Crippen LogP contribution in [0.2, 0.25) is 0 Å². The fourth-order valence-electron chi connectivity index (χ4n) is 3.72. The van der Waals surface area contributed by atoms with Crippen LogP contribution in [0.25, 0.3) is 0 Å².